The first-order chi connectivity index (χ1) is 32.8. The van der Waals surface area contributed by atoms with E-state index >= 15 is 0 Å². The number of hydrogen-bond acceptors (Lipinski definition) is 13. The van der Waals surface area contributed by atoms with Crippen molar-refractivity contribution < 1.29 is 67.3 Å². The van der Waals surface area contributed by atoms with Crippen LogP contribution in [-0.4, -0.2) is 184 Å². The molecule has 0 saturated heterocycles. The molecule has 0 aliphatic rings. The van der Waals surface area contributed by atoms with Gasteiger partial charge in [-0.05, 0) is 45.2 Å². The predicted octanol–water partition coefficient (Wildman–Crippen LogP) is 0.986. The molecule has 28 heteroatoms. The number of carbonyl (C=O) groups excluding carboxylic acids is 10. The van der Waals surface area contributed by atoms with Crippen LogP contribution in [0.1, 0.15) is 120 Å². The standard InChI is InChI=1S/C42H67B8N4O14PS.2CH4/c1-7-67-14-15-68-25-33(56)12-9-28(42(65)66)8-11-32(55)18-29(10-13-36(59)51-21-34(57)19-30(16-26(2)3)40(63)53-23-37(60)69(6)47)39(62)52-22-35(58)20-31(17-27(4)5)41(64)54-24-38(61)70(48-43,49-44)50(45)46;;/h26-31H,7-25H2,1-6H3,(H,51,59)(H,52,62)(H,53,63)(H,54,64)(H,65,66);2*1H4. The van der Waals surface area contributed by atoms with E-state index in [4.69, 9.17) is 48.0 Å². The van der Waals surface area contributed by atoms with Gasteiger partial charge in [-0.25, -0.2) is 0 Å². The topological polar surface area (TPSA) is 275 Å². The first-order valence-electron chi connectivity index (χ1n) is 23.4. The van der Waals surface area contributed by atoms with Crippen molar-refractivity contribution in [1.29, 1.82) is 0 Å². The van der Waals surface area contributed by atoms with Crippen LogP contribution in [0.25, 0.3) is 0 Å². The molecular weight excluding hydrogens is 958 g/mol. The van der Waals surface area contributed by atoms with Gasteiger partial charge in [0.05, 0.1) is 32.2 Å². The van der Waals surface area contributed by atoms with Crippen molar-refractivity contribution in [2.75, 3.05) is 59.3 Å². The van der Waals surface area contributed by atoms with Crippen LogP contribution in [0.2, 0.25) is 0 Å². The zero-order valence-electron chi connectivity index (χ0n) is 41.6. The summed E-state index contributed by atoms with van der Waals surface area (Å²) in [6, 6.07) is 2.01. The van der Waals surface area contributed by atoms with Crippen LogP contribution in [0.3, 0.4) is 0 Å². The van der Waals surface area contributed by atoms with E-state index in [0.717, 1.165) is 12.1 Å². The summed E-state index contributed by atoms with van der Waals surface area (Å²) < 4.78 is 10.4. The summed E-state index contributed by atoms with van der Waals surface area (Å²) in [5, 5.41) is 19.2. The third-order valence-corrected chi connectivity index (χ3v) is 14.6. The van der Waals surface area contributed by atoms with Crippen LogP contribution in [0, 0.1) is 35.5 Å². The van der Waals surface area contributed by atoms with E-state index in [9.17, 15) is 57.8 Å². The van der Waals surface area contributed by atoms with E-state index in [-0.39, 0.29) is 116 Å². The van der Waals surface area contributed by atoms with Gasteiger partial charge >= 0.3 is 174 Å². The van der Waals surface area contributed by atoms with Gasteiger partial charge in [0.15, 0.2) is 17.1 Å². The number of carboxylic acid groups (broad SMARTS) is 1. The molecule has 0 saturated carbocycles. The van der Waals surface area contributed by atoms with Gasteiger partial charge in [0.2, 0.25) is 11.8 Å². The molecule has 390 valence electrons. The van der Waals surface area contributed by atoms with Crippen molar-refractivity contribution >= 4 is 136 Å². The van der Waals surface area contributed by atoms with Gasteiger partial charge in [0.25, 0.3) is 0 Å². The molecule has 0 heterocycles. The molecule has 10 radical (unpaired) electrons. The van der Waals surface area contributed by atoms with E-state index in [1.54, 1.807) is 6.66 Å². The third kappa shape index (κ3) is 30.7. The second-order valence-corrected chi connectivity index (χ2v) is 22.6. The van der Waals surface area contributed by atoms with Crippen molar-refractivity contribution in [1.82, 2.24) is 21.3 Å². The number of carboxylic acids is 1. The Labute approximate surface area is 437 Å². The van der Waals surface area contributed by atoms with E-state index in [1.165, 1.54) is 0 Å². The molecule has 0 bridgehead atoms. The second-order valence-electron chi connectivity index (χ2n) is 17.8. The van der Waals surface area contributed by atoms with Crippen LogP contribution in [0.5, 0.6) is 0 Å². The molecule has 18 nitrogen and oxygen atoms in total. The fourth-order valence-electron chi connectivity index (χ4n) is 6.99. The van der Waals surface area contributed by atoms with Crippen LogP contribution in [-0.2, 0) is 62.2 Å². The summed E-state index contributed by atoms with van der Waals surface area (Å²) in [7, 11) is 24.2. The monoisotopic (exact) mass is 1030 g/mol. The summed E-state index contributed by atoms with van der Waals surface area (Å²) >= 11 is 0. The van der Waals surface area contributed by atoms with Crippen LogP contribution in [0.15, 0.2) is 0 Å². The predicted molar refractivity (Wildman–Crippen MR) is 291 cm³/mol. The first kappa shape index (κ1) is 72.8. The second kappa shape index (κ2) is 40.0. The Kier molecular flexibility index (Phi) is 40.4. The molecule has 0 aliphatic heterocycles. The Morgan fingerprint density at radius 1 is 0.611 bits per heavy atom. The normalized spacial score (nSPS) is 12.9. The number of ether oxygens (including phenoxy) is 2. The molecule has 0 spiro atoms. The van der Waals surface area contributed by atoms with Gasteiger partial charge in [-0.2, -0.15) is 0 Å². The maximum atomic E-state index is 13.6. The number of rotatable bonds is 39. The van der Waals surface area contributed by atoms with E-state index < -0.39 is 124 Å². The van der Waals surface area contributed by atoms with Crippen LogP contribution >= 0.6 is 16.5 Å². The van der Waals surface area contributed by atoms with Crippen molar-refractivity contribution in [3.8, 4) is 0 Å². The van der Waals surface area contributed by atoms with E-state index in [2.05, 4.69) is 21.3 Å². The Bertz CT molecular complexity index is 1930. The van der Waals surface area contributed by atoms with Crippen LogP contribution < -0.4 is 21.3 Å². The van der Waals surface area contributed by atoms with Gasteiger partial charge < -0.3 is 25.2 Å². The molecule has 0 aromatic rings. The number of nitrogens with one attached hydrogen (secondary N) is 4. The summed E-state index contributed by atoms with van der Waals surface area (Å²) in [6.07, 6.45) is -1.67. The number of aliphatic carboxylic acids is 1. The molecule has 0 aromatic heterocycles. The number of Topliss-reactive ketones (excluding diaryl/α,β-unsaturated/α-hetero) is 4. The van der Waals surface area contributed by atoms with Gasteiger partial charge in [0, 0.05) is 44.6 Å². The van der Waals surface area contributed by atoms with Gasteiger partial charge in [0.1, 0.15) is 20.0 Å². The molecule has 0 rings (SSSR count). The Morgan fingerprint density at radius 2 is 1.04 bits per heavy atom. The third-order valence-electron chi connectivity index (χ3n) is 10.9. The number of hydrogen-bond donors (Lipinski definition) is 5. The maximum absolute atomic E-state index is 13.6. The number of amides is 4. The average Bonchev–Trinajstić information content (AvgIpc) is 3.28. The van der Waals surface area contributed by atoms with Crippen molar-refractivity contribution in [3.05, 3.63) is 0 Å². The quantitative estimate of drug-likeness (QED) is 0.0327. The zero-order valence-corrected chi connectivity index (χ0v) is 43.3. The van der Waals surface area contributed by atoms with E-state index in [1.807, 2.05) is 34.6 Å². The minimum absolute atomic E-state index is 0. The Hall–Kier alpha value is -3.41. The van der Waals surface area contributed by atoms with Crippen LogP contribution in [0.4, 0.5) is 0 Å². The Balaban J connectivity index is -0.0000238. The molecule has 72 heavy (non-hydrogen) atoms. The fourth-order valence-corrected chi connectivity index (χ4v) is 8.71. The molecule has 5 atom stereocenters. The van der Waals surface area contributed by atoms with Gasteiger partial charge in [-0.1, -0.05) is 36.5 Å². The molecule has 5 unspecified atom stereocenters. The number of ketones is 4. The average molecular weight is 1030 g/mol. The zero-order chi connectivity index (χ0) is 53.6. The summed E-state index contributed by atoms with van der Waals surface area (Å²) in [4.78, 5) is 142. The summed E-state index contributed by atoms with van der Waals surface area (Å²) in [5.74, 6) is -11.0. The molecule has 4 amide bonds. The SMILES string of the molecule is C.C.[B]B=S(=B[B])(B([B])[B])C(=O)CNC(=O)C(CC(=O)CNC(=O)C(CCC(=O)NCC(=O)CC(CC(C)C)C(=O)NCC(=O)P([B])C)CC(=O)CCC(CCC(=O)COCCOCC)C(=O)O)CC(C)C. The van der Waals surface area contributed by atoms with Crippen molar-refractivity contribution in [2.45, 2.75) is 120 Å². The fraction of sp³-hybridized carbons (Fsp3) is 0.750. The van der Waals surface area contributed by atoms with Crippen molar-refractivity contribution in [2.24, 2.45) is 35.5 Å². The van der Waals surface area contributed by atoms with Gasteiger partial charge in [-0.3, -0.25) is 33.6 Å². The van der Waals surface area contributed by atoms with E-state index in [0.29, 0.717) is 19.6 Å². The first-order valence-corrected chi connectivity index (χ1v) is 27.0. The Morgan fingerprint density at radius 3 is 1.50 bits per heavy atom. The summed E-state index contributed by atoms with van der Waals surface area (Å²) in [6.45, 7) is 9.64. The molecule has 0 aliphatic carbocycles. The minimum atomic E-state index is -2.77. The molecule has 0 fully saturated rings. The molecule has 5 N–H and O–H groups in total. The van der Waals surface area contributed by atoms with Crippen molar-refractivity contribution in [3.63, 3.8) is 0 Å². The summed E-state index contributed by atoms with van der Waals surface area (Å²) in [5.41, 5.74) is -0.326. The molecular formula is C44H75B8N4O14PS. The van der Waals surface area contributed by atoms with Gasteiger partial charge in [-0.15, -0.1) is 0 Å². The molecule has 0 aromatic carbocycles. The number of carbonyl (C=O) groups is 11.